The molecule has 0 aromatic heterocycles. The second-order valence-corrected chi connectivity index (χ2v) is 7.52. The van der Waals surface area contributed by atoms with Crippen molar-refractivity contribution < 1.29 is 18.7 Å². The van der Waals surface area contributed by atoms with E-state index in [-0.39, 0.29) is 11.6 Å². The number of imide groups is 1. The van der Waals surface area contributed by atoms with Gasteiger partial charge in [-0.3, -0.25) is 9.69 Å². The van der Waals surface area contributed by atoms with Crippen LogP contribution in [0.5, 0.6) is 5.75 Å². The second kappa shape index (κ2) is 7.04. The Hall–Kier alpha value is -3.12. The molecule has 0 bridgehead atoms. The molecular formula is C22H18ClFN2O3. The van der Waals surface area contributed by atoms with Crippen molar-refractivity contribution in [3.63, 3.8) is 0 Å². The lowest BCUT2D eigenvalue weighted by atomic mass is 9.90. The van der Waals surface area contributed by atoms with Crippen LogP contribution in [0.1, 0.15) is 18.1 Å². The third-order valence-corrected chi connectivity index (χ3v) is 5.60. The van der Waals surface area contributed by atoms with Gasteiger partial charge in [-0.15, -0.1) is 0 Å². The van der Waals surface area contributed by atoms with E-state index in [1.165, 1.54) is 12.1 Å². The Balaban J connectivity index is 1.66. The van der Waals surface area contributed by atoms with Gasteiger partial charge in [-0.05, 0) is 59.2 Å². The zero-order chi connectivity index (χ0) is 20.8. The Labute approximate surface area is 172 Å². The highest BCUT2D eigenvalue weighted by Gasteiger charge is 2.49. The minimum Gasteiger partial charge on any atom is -0.497 e. The first kappa shape index (κ1) is 19.2. The van der Waals surface area contributed by atoms with E-state index in [4.69, 9.17) is 16.3 Å². The van der Waals surface area contributed by atoms with Crippen molar-refractivity contribution in [3.8, 4) is 5.75 Å². The number of methoxy groups -OCH3 is 1. The maximum Gasteiger partial charge on any atom is 0.325 e. The second-order valence-electron chi connectivity index (χ2n) is 7.11. The van der Waals surface area contributed by atoms with E-state index in [0.29, 0.717) is 11.1 Å². The summed E-state index contributed by atoms with van der Waals surface area (Å²) in [6, 6.07) is 14.6. The van der Waals surface area contributed by atoms with E-state index in [1.54, 1.807) is 14.0 Å². The fourth-order valence-electron chi connectivity index (χ4n) is 3.52. The van der Waals surface area contributed by atoms with Crippen molar-refractivity contribution >= 4 is 34.3 Å². The molecule has 1 fully saturated rings. The quantitative estimate of drug-likeness (QED) is 0.637. The molecule has 0 spiro atoms. The van der Waals surface area contributed by atoms with Crippen molar-refractivity contribution in [1.29, 1.82) is 0 Å². The van der Waals surface area contributed by atoms with Crippen molar-refractivity contribution in [2.45, 2.75) is 19.0 Å². The molecule has 1 atom stereocenters. The van der Waals surface area contributed by atoms with Gasteiger partial charge in [0.05, 0.1) is 13.7 Å². The lowest BCUT2D eigenvalue weighted by Crippen LogP contribution is -2.40. The van der Waals surface area contributed by atoms with Crippen LogP contribution < -0.4 is 10.1 Å². The Bertz CT molecular complexity index is 1150. The zero-order valence-corrected chi connectivity index (χ0v) is 16.6. The number of rotatable bonds is 4. The first-order chi connectivity index (χ1) is 13.8. The number of ether oxygens (including phenoxy) is 1. The molecule has 0 radical (unpaired) electrons. The van der Waals surface area contributed by atoms with Gasteiger partial charge < -0.3 is 10.1 Å². The van der Waals surface area contributed by atoms with Gasteiger partial charge in [0.15, 0.2) is 0 Å². The van der Waals surface area contributed by atoms with E-state index in [2.05, 4.69) is 5.32 Å². The van der Waals surface area contributed by atoms with Gasteiger partial charge in [0.2, 0.25) is 0 Å². The van der Waals surface area contributed by atoms with Crippen LogP contribution in [0.3, 0.4) is 0 Å². The highest BCUT2D eigenvalue weighted by Crippen LogP contribution is 2.33. The topological polar surface area (TPSA) is 58.6 Å². The molecule has 1 aliphatic heterocycles. The van der Waals surface area contributed by atoms with Crippen LogP contribution in [0.25, 0.3) is 10.8 Å². The van der Waals surface area contributed by atoms with Gasteiger partial charge >= 0.3 is 6.03 Å². The van der Waals surface area contributed by atoms with Crippen LogP contribution >= 0.6 is 11.6 Å². The minimum absolute atomic E-state index is 0.0375. The molecule has 3 aromatic rings. The van der Waals surface area contributed by atoms with Gasteiger partial charge in [0.25, 0.3) is 5.91 Å². The molecule has 0 saturated carbocycles. The van der Waals surface area contributed by atoms with Crippen molar-refractivity contribution in [1.82, 2.24) is 10.2 Å². The smallest absolute Gasteiger partial charge is 0.325 e. The molecule has 0 aliphatic carbocycles. The van der Waals surface area contributed by atoms with E-state index in [0.717, 1.165) is 27.5 Å². The summed E-state index contributed by atoms with van der Waals surface area (Å²) >= 11 is 6.06. The lowest BCUT2D eigenvalue weighted by Gasteiger charge is -2.23. The van der Waals surface area contributed by atoms with Crippen LogP contribution in [-0.2, 0) is 16.9 Å². The Morgan fingerprint density at radius 3 is 2.52 bits per heavy atom. The van der Waals surface area contributed by atoms with Gasteiger partial charge in [0, 0.05) is 5.02 Å². The number of hydrogen-bond donors (Lipinski definition) is 1. The third-order valence-electron chi connectivity index (χ3n) is 5.24. The van der Waals surface area contributed by atoms with Crippen molar-refractivity contribution in [3.05, 3.63) is 76.6 Å². The Morgan fingerprint density at radius 1 is 1.07 bits per heavy atom. The molecule has 1 aliphatic rings. The van der Waals surface area contributed by atoms with Crippen LogP contribution in [0.15, 0.2) is 54.6 Å². The molecule has 1 heterocycles. The molecule has 7 heteroatoms. The van der Waals surface area contributed by atoms with Crippen LogP contribution in [-0.4, -0.2) is 23.9 Å². The molecule has 1 N–H and O–H groups in total. The molecule has 3 amide bonds. The van der Waals surface area contributed by atoms with Crippen molar-refractivity contribution in [2.24, 2.45) is 0 Å². The largest absolute Gasteiger partial charge is 0.497 e. The van der Waals surface area contributed by atoms with E-state index >= 15 is 0 Å². The number of nitrogens with zero attached hydrogens (tertiary/aromatic N) is 1. The lowest BCUT2D eigenvalue weighted by molar-refractivity contribution is -0.131. The molecule has 4 rings (SSSR count). The monoisotopic (exact) mass is 412 g/mol. The van der Waals surface area contributed by atoms with Gasteiger partial charge in [-0.25, -0.2) is 9.18 Å². The predicted octanol–water partition coefficient (Wildman–Crippen LogP) is 4.61. The van der Waals surface area contributed by atoms with Crippen LogP contribution in [0.4, 0.5) is 9.18 Å². The summed E-state index contributed by atoms with van der Waals surface area (Å²) in [5.74, 6) is -0.131. The third kappa shape index (κ3) is 3.29. The first-order valence-electron chi connectivity index (χ1n) is 8.98. The summed E-state index contributed by atoms with van der Waals surface area (Å²) in [5, 5.41) is 4.83. The van der Waals surface area contributed by atoms with Crippen LogP contribution in [0, 0.1) is 5.82 Å². The number of halogens is 2. The maximum atomic E-state index is 13.3. The zero-order valence-electron chi connectivity index (χ0n) is 15.8. The number of hydrogen-bond acceptors (Lipinski definition) is 3. The highest BCUT2D eigenvalue weighted by atomic mass is 35.5. The number of carbonyl (C=O) groups is 2. The molecule has 29 heavy (non-hydrogen) atoms. The minimum atomic E-state index is -1.21. The summed E-state index contributed by atoms with van der Waals surface area (Å²) in [7, 11) is 1.60. The fraction of sp³-hybridized carbons (Fsp3) is 0.182. The normalized spacial score (nSPS) is 19.0. The number of nitrogens with one attached hydrogen (secondary N) is 1. The SMILES string of the molecule is COc1ccc2cc(C3(C)NC(=O)N(Cc4ccc(F)cc4Cl)C3=O)ccc2c1. The van der Waals surface area contributed by atoms with E-state index in [9.17, 15) is 14.0 Å². The number of fused-ring (bicyclic) bond motifs is 1. The number of benzene rings is 3. The summed E-state index contributed by atoms with van der Waals surface area (Å²) in [6.45, 7) is 1.63. The molecular weight excluding hydrogens is 395 g/mol. The van der Waals surface area contributed by atoms with Gasteiger partial charge in [-0.2, -0.15) is 0 Å². The molecule has 148 valence electrons. The average molecular weight is 413 g/mol. The molecule has 5 nitrogen and oxygen atoms in total. The summed E-state index contributed by atoms with van der Waals surface area (Å²) in [5.41, 5.74) is -0.0508. The summed E-state index contributed by atoms with van der Waals surface area (Å²) < 4.78 is 18.5. The first-order valence-corrected chi connectivity index (χ1v) is 9.36. The Kier molecular flexibility index (Phi) is 4.67. The van der Waals surface area contributed by atoms with E-state index in [1.807, 2.05) is 36.4 Å². The average Bonchev–Trinajstić information content (AvgIpc) is 2.93. The Morgan fingerprint density at radius 2 is 1.79 bits per heavy atom. The van der Waals surface area contributed by atoms with Gasteiger partial charge in [0.1, 0.15) is 17.1 Å². The molecule has 1 saturated heterocycles. The number of amides is 3. The summed E-state index contributed by atoms with van der Waals surface area (Å²) in [4.78, 5) is 26.8. The standard InChI is InChI=1S/C22H18ClFN2O3/c1-22(16-6-3-14-10-18(29-2)8-5-13(14)9-16)20(27)26(21(28)25-22)12-15-4-7-17(24)11-19(15)23/h3-11H,12H2,1-2H3,(H,25,28). The van der Waals surface area contributed by atoms with E-state index < -0.39 is 23.3 Å². The molecule has 3 aromatic carbocycles. The maximum absolute atomic E-state index is 13.3. The number of urea groups is 1. The number of carbonyl (C=O) groups excluding carboxylic acids is 2. The summed E-state index contributed by atoms with van der Waals surface area (Å²) in [6.07, 6.45) is 0. The fourth-order valence-corrected chi connectivity index (χ4v) is 3.75. The molecule has 1 unspecified atom stereocenters. The predicted molar refractivity (Wildman–Crippen MR) is 108 cm³/mol. The van der Waals surface area contributed by atoms with Crippen LogP contribution in [0.2, 0.25) is 5.02 Å². The van der Waals surface area contributed by atoms with Gasteiger partial charge in [-0.1, -0.05) is 35.9 Å². The van der Waals surface area contributed by atoms with Crippen molar-refractivity contribution in [2.75, 3.05) is 7.11 Å². The highest BCUT2D eigenvalue weighted by molar-refractivity contribution is 6.31.